The van der Waals surface area contributed by atoms with Gasteiger partial charge in [-0.1, -0.05) is 115 Å². The zero-order valence-electron chi connectivity index (χ0n) is 27.2. The summed E-state index contributed by atoms with van der Waals surface area (Å²) in [5.41, 5.74) is 11.3. The van der Waals surface area contributed by atoms with Crippen LogP contribution in [0.25, 0.3) is 109 Å². The fraction of sp³-hybridized carbons (Fsp3) is 0. The fourth-order valence-corrected chi connectivity index (χ4v) is 9.61. The number of thiophene rings is 1. The molecule has 7 aromatic carbocycles. The molecular weight excluding hydrogens is 641 g/mol. The summed E-state index contributed by atoms with van der Waals surface area (Å²) in [4.78, 5) is 10.4. The number of hydrogen-bond donors (Lipinski definition) is 0. The van der Waals surface area contributed by atoms with Gasteiger partial charge in [0.1, 0.15) is 0 Å². The van der Waals surface area contributed by atoms with Crippen LogP contribution >= 0.6 is 11.3 Å². The highest BCUT2D eigenvalue weighted by molar-refractivity contribution is 7.26. The van der Waals surface area contributed by atoms with E-state index in [9.17, 15) is 0 Å². The maximum absolute atomic E-state index is 5.28. The molecule has 0 aliphatic carbocycles. The van der Waals surface area contributed by atoms with Gasteiger partial charge in [-0.05, 0) is 42.5 Å². The van der Waals surface area contributed by atoms with Crippen LogP contribution in [0.15, 0.2) is 158 Å². The highest BCUT2D eigenvalue weighted by Crippen LogP contribution is 2.43. The van der Waals surface area contributed by atoms with E-state index in [1.54, 1.807) is 11.3 Å². The van der Waals surface area contributed by atoms with Crippen molar-refractivity contribution in [1.82, 2.24) is 18.9 Å². The first-order chi connectivity index (χ1) is 25.3. The van der Waals surface area contributed by atoms with Crippen molar-refractivity contribution in [2.24, 2.45) is 0 Å². The Morgan fingerprint density at radius 3 is 1.94 bits per heavy atom. The quantitative estimate of drug-likeness (QED) is 0.188. The highest BCUT2D eigenvalue weighted by Gasteiger charge is 2.21. The normalized spacial score (nSPS) is 12.3. The van der Waals surface area contributed by atoms with Crippen molar-refractivity contribution in [3.8, 4) is 28.3 Å². The van der Waals surface area contributed by atoms with Gasteiger partial charge in [-0.25, -0.2) is 9.97 Å². The number of hydrogen-bond acceptors (Lipinski definition) is 3. The van der Waals surface area contributed by atoms with Gasteiger partial charge in [0.15, 0.2) is 5.82 Å². The standard InChI is InChI=1S/C46H26N4S/c1-2-11-27(12-3-1)46-47-42(45-43(48-46)35-15-6-9-20-41(35)51-45)28-21-24-39-36(25-28)31-14-5-7-18-37(31)49(39)29-22-23-32-34-17-10-16-33-30-13-4-8-19-38(30)50(44(33)34)40(32)26-29/h1-26H. The minimum Gasteiger partial charge on any atom is -0.309 e. The maximum Gasteiger partial charge on any atom is 0.160 e. The molecule has 0 aliphatic heterocycles. The molecule has 0 unspecified atom stereocenters. The zero-order chi connectivity index (χ0) is 33.2. The second-order valence-electron chi connectivity index (χ2n) is 13.4. The average Bonchev–Trinajstić information content (AvgIpc) is 3.93. The third-order valence-electron chi connectivity index (χ3n) is 10.7. The van der Waals surface area contributed by atoms with Crippen LogP contribution in [0.5, 0.6) is 0 Å². The van der Waals surface area contributed by atoms with Gasteiger partial charge < -0.3 is 8.97 Å². The Kier molecular flexibility index (Phi) is 5.35. The summed E-state index contributed by atoms with van der Waals surface area (Å²) in [5.74, 6) is 0.745. The van der Waals surface area contributed by atoms with Crippen LogP contribution in [-0.4, -0.2) is 18.9 Å². The lowest BCUT2D eigenvalue weighted by Crippen LogP contribution is -1.95. The van der Waals surface area contributed by atoms with Gasteiger partial charge in [0.2, 0.25) is 0 Å². The second-order valence-corrected chi connectivity index (χ2v) is 14.4. The van der Waals surface area contributed by atoms with Gasteiger partial charge >= 0.3 is 0 Å². The summed E-state index contributed by atoms with van der Waals surface area (Å²) in [6, 6.07) is 56.9. The Morgan fingerprint density at radius 1 is 0.431 bits per heavy atom. The molecule has 0 fully saturated rings. The maximum atomic E-state index is 5.28. The molecule has 5 aromatic heterocycles. The smallest absolute Gasteiger partial charge is 0.160 e. The van der Waals surface area contributed by atoms with Crippen LogP contribution in [0.3, 0.4) is 0 Å². The number of rotatable bonds is 3. The summed E-state index contributed by atoms with van der Waals surface area (Å²) < 4.78 is 7.21. The molecule has 0 saturated heterocycles. The molecule has 0 saturated carbocycles. The molecule has 0 bridgehead atoms. The van der Waals surface area contributed by atoms with E-state index in [2.05, 4.69) is 148 Å². The monoisotopic (exact) mass is 666 g/mol. The molecule has 236 valence electrons. The topological polar surface area (TPSA) is 35.1 Å². The van der Waals surface area contributed by atoms with Crippen LogP contribution in [0.1, 0.15) is 0 Å². The Hall–Kier alpha value is -6.56. The molecule has 5 heteroatoms. The number of nitrogens with zero attached hydrogens (tertiary/aromatic N) is 4. The van der Waals surface area contributed by atoms with Crippen molar-refractivity contribution in [3.63, 3.8) is 0 Å². The van der Waals surface area contributed by atoms with Gasteiger partial charge in [0.05, 0.1) is 43.5 Å². The van der Waals surface area contributed by atoms with E-state index in [1.165, 1.54) is 70.0 Å². The molecule has 12 rings (SSSR count). The van der Waals surface area contributed by atoms with Crippen molar-refractivity contribution in [2.75, 3.05) is 0 Å². The van der Waals surface area contributed by atoms with Gasteiger partial charge in [-0.15, -0.1) is 11.3 Å². The molecule has 0 radical (unpaired) electrons. The van der Waals surface area contributed by atoms with E-state index in [0.717, 1.165) is 38.5 Å². The first kappa shape index (κ1) is 27.3. The molecule has 51 heavy (non-hydrogen) atoms. The molecule has 5 heterocycles. The summed E-state index contributed by atoms with van der Waals surface area (Å²) in [7, 11) is 0. The van der Waals surface area contributed by atoms with Crippen LogP contribution < -0.4 is 0 Å². The Balaban J connectivity index is 1.12. The molecule has 4 nitrogen and oxygen atoms in total. The third kappa shape index (κ3) is 3.68. The predicted octanol–water partition coefficient (Wildman–Crippen LogP) is 12.4. The summed E-state index contributed by atoms with van der Waals surface area (Å²) in [5, 5.41) is 8.76. The summed E-state index contributed by atoms with van der Waals surface area (Å²) >= 11 is 1.77. The lowest BCUT2D eigenvalue weighted by atomic mass is 10.1. The lowest BCUT2D eigenvalue weighted by Gasteiger charge is -2.10. The zero-order valence-corrected chi connectivity index (χ0v) is 28.0. The van der Waals surface area contributed by atoms with E-state index in [1.807, 2.05) is 18.2 Å². The van der Waals surface area contributed by atoms with Crippen molar-refractivity contribution >= 4 is 91.5 Å². The van der Waals surface area contributed by atoms with E-state index in [4.69, 9.17) is 9.97 Å². The molecule has 0 amide bonds. The van der Waals surface area contributed by atoms with Gasteiger partial charge in [0.25, 0.3) is 0 Å². The van der Waals surface area contributed by atoms with Gasteiger partial charge in [-0.3, -0.25) is 0 Å². The van der Waals surface area contributed by atoms with Crippen molar-refractivity contribution in [3.05, 3.63) is 158 Å². The van der Waals surface area contributed by atoms with Crippen LogP contribution in [0, 0.1) is 0 Å². The lowest BCUT2D eigenvalue weighted by molar-refractivity contribution is 1.18. The molecule has 12 aromatic rings. The Labute approximate surface area is 295 Å². The average molecular weight is 667 g/mol. The fourth-order valence-electron chi connectivity index (χ4n) is 8.46. The number of para-hydroxylation sites is 3. The van der Waals surface area contributed by atoms with Crippen LogP contribution in [0.4, 0.5) is 0 Å². The van der Waals surface area contributed by atoms with Gasteiger partial charge in [-0.2, -0.15) is 0 Å². The molecule has 0 spiro atoms. The van der Waals surface area contributed by atoms with E-state index in [0.29, 0.717) is 0 Å². The molecular formula is C46H26N4S. The SMILES string of the molecule is c1ccc(-c2nc(-c3ccc4c(c3)c3ccccc3n4-c3ccc4c5cccc6c7ccccc7n(c4c3)c65)c3sc4ccccc4c3n2)cc1. The Morgan fingerprint density at radius 2 is 1.10 bits per heavy atom. The number of aromatic nitrogens is 4. The summed E-state index contributed by atoms with van der Waals surface area (Å²) in [6.07, 6.45) is 0. The largest absolute Gasteiger partial charge is 0.309 e. The van der Waals surface area contributed by atoms with E-state index < -0.39 is 0 Å². The van der Waals surface area contributed by atoms with Crippen LogP contribution in [-0.2, 0) is 0 Å². The van der Waals surface area contributed by atoms with Crippen LogP contribution in [0.2, 0.25) is 0 Å². The number of benzene rings is 7. The minimum absolute atomic E-state index is 0.745. The third-order valence-corrected chi connectivity index (χ3v) is 11.8. The second kappa shape index (κ2) is 10.0. The minimum atomic E-state index is 0.745. The molecule has 0 atom stereocenters. The Bertz CT molecular complexity index is 3370. The van der Waals surface area contributed by atoms with Crippen molar-refractivity contribution in [2.45, 2.75) is 0 Å². The van der Waals surface area contributed by atoms with Crippen molar-refractivity contribution in [1.29, 1.82) is 0 Å². The predicted molar refractivity (Wildman–Crippen MR) is 215 cm³/mol. The first-order valence-corrected chi connectivity index (χ1v) is 18.1. The summed E-state index contributed by atoms with van der Waals surface area (Å²) in [6.45, 7) is 0. The van der Waals surface area contributed by atoms with Gasteiger partial charge in [0, 0.05) is 59.2 Å². The number of fused-ring (bicyclic) bond motifs is 12. The molecule has 0 N–H and O–H groups in total. The highest BCUT2D eigenvalue weighted by atomic mass is 32.1. The van der Waals surface area contributed by atoms with Crippen molar-refractivity contribution < 1.29 is 0 Å². The molecule has 0 aliphatic rings. The van der Waals surface area contributed by atoms with E-state index >= 15 is 0 Å². The first-order valence-electron chi connectivity index (χ1n) is 17.3. The van der Waals surface area contributed by atoms with E-state index in [-0.39, 0.29) is 0 Å².